The molecule has 42 heavy (non-hydrogen) atoms. The largest absolute Gasteiger partial charge is 0.481 e. The highest BCUT2D eigenvalue weighted by atomic mass is 35.5. The van der Waals surface area contributed by atoms with Crippen LogP contribution in [0.1, 0.15) is 48.2 Å². The number of aromatic nitrogens is 2. The van der Waals surface area contributed by atoms with Crippen LogP contribution in [0.15, 0.2) is 36.4 Å². The molecule has 224 valence electrons. The number of rotatable bonds is 9. The van der Waals surface area contributed by atoms with Gasteiger partial charge in [0.15, 0.2) is 5.69 Å². The number of hydrogen-bond donors (Lipinski definition) is 2. The minimum atomic E-state index is -0.770. The molecular weight excluding hydrogens is 567 g/mol. The number of carbonyl (C=O) groups is 3. The molecule has 0 radical (unpaired) electrons. The molecule has 2 fully saturated rings. The number of hydrogen-bond acceptors (Lipinski definition) is 6. The summed E-state index contributed by atoms with van der Waals surface area (Å²) in [6.07, 6.45) is 2.61. The maximum atomic E-state index is 15.2. The van der Waals surface area contributed by atoms with Crippen molar-refractivity contribution in [2.45, 2.75) is 56.8 Å². The predicted octanol–water partition coefficient (Wildman–Crippen LogP) is 4.44. The fourth-order valence-electron chi connectivity index (χ4n) is 5.88. The lowest BCUT2D eigenvalue weighted by molar-refractivity contribution is -0.144. The van der Waals surface area contributed by atoms with Crippen LogP contribution in [0.2, 0.25) is 5.02 Å². The lowest BCUT2D eigenvalue weighted by Gasteiger charge is -2.30. The Bertz CT molecular complexity index is 1490. The van der Waals surface area contributed by atoms with Crippen molar-refractivity contribution in [2.75, 3.05) is 25.6 Å². The van der Waals surface area contributed by atoms with Crippen molar-refractivity contribution < 1.29 is 33.4 Å². The number of methoxy groups -OCH3 is 1. The number of fused-ring (bicyclic) bond motifs is 1. The number of carboxylic acids is 1. The molecule has 2 aromatic carbocycles. The normalized spacial score (nSPS) is 22.4. The fourth-order valence-corrected chi connectivity index (χ4v) is 6.11. The summed E-state index contributed by atoms with van der Waals surface area (Å²) in [6, 6.07) is 9.50. The summed E-state index contributed by atoms with van der Waals surface area (Å²) in [4.78, 5) is 39.2. The molecule has 1 aliphatic heterocycles. The molecule has 2 N–H and O–H groups in total. The molecule has 2 atom stereocenters. The molecule has 1 saturated heterocycles. The Morgan fingerprint density at radius 3 is 2.60 bits per heavy atom. The Balaban J connectivity index is 1.23. The Labute approximate surface area is 247 Å². The number of nitrogens with zero attached hydrogens (tertiary/aromatic N) is 3. The minimum Gasteiger partial charge on any atom is -0.481 e. The van der Waals surface area contributed by atoms with Gasteiger partial charge in [-0.2, -0.15) is 5.10 Å². The van der Waals surface area contributed by atoms with Crippen LogP contribution in [-0.2, 0) is 32.5 Å². The van der Waals surface area contributed by atoms with E-state index in [1.807, 2.05) is 12.1 Å². The van der Waals surface area contributed by atoms with Crippen LogP contribution in [0.25, 0.3) is 10.9 Å². The van der Waals surface area contributed by atoms with Gasteiger partial charge in [0.1, 0.15) is 5.82 Å². The number of anilines is 1. The van der Waals surface area contributed by atoms with E-state index in [0.29, 0.717) is 50.6 Å². The zero-order valence-electron chi connectivity index (χ0n) is 23.5. The lowest BCUT2D eigenvalue weighted by Crippen LogP contribution is -2.40. The molecule has 1 saturated carbocycles. The molecule has 1 aliphatic carbocycles. The third kappa shape index (κ3) is 6.43. The second-order valence-electron chi connectivity index (χ2n) is 11.0. The number of halogens is 2. The van der Waals surface area contributed by atoms with Crippen LogP contribution >= 0.6 is 11.6 Å². The molecule has 12 heteroatoms. The Morgan fingerprint density at radius 2 is 1.88 bits per heavy atom. The standard InChI is InChI=1S/C30H34ClFN4O6/c1-35-26-6-4-3-5-22(26)28(34-35)29(38)33-25-14-24(32)18(11-23(25)31)12-27(37)36-15-21(41-2)13-19(36)16-42-20-9-7-17(8-10-20)30(39)40/h3-6,11,14,17,19-21H,7-10,12-13,15-16H2,1-2H3,(H,33,38)(H,39,40)/t17?,19-,20?,21-/m0/s1. The summed E-state index contributed by atoms with van der Waals surface area (Å²) < 4.78 is 28.4. The predicted molar refractivity (Wildman–Crippen MR) is 154 cm³/mol. The second kappa shape index (κ2) is 12.8. The summed E-state index contributed by atoms with van der Waals surface area (Å²) in [5.74, 6) is -2.58. The zero-order valence-corrected chi connectivity index (χ0v) is 24.3. The van der Waals surface area contributed by atoms with Crippen LogP contribution in [0.5, 0.6) is 0 Å². The molecule has 0 bridgehead atoms. The summed E-state index contributed by atoms with van der Waals surface area (Å²) in [5.41, 5.74) is 1.16. The maximum absolute atomic E-state index is 15.2. The number of carbonyl (C=O) groups excluding carboxylic acids is 2. The van der Waals surface area contributed by atoms with Crippen molar-refractivity contribution in [3.05, 3.63) is 58.5 Å². The first-order valence-electron chi connectivity index (χ1n) is 14.0. The number of nitrogens with one attached hydrogen (secondary N) is 1. The SMILES string of the molecule is CO[C@H]1C[C@@H](COC2CCC(C(=O)O)CC2)N(C(=O)Cc2cc(Cl)c(NC(=O)c3nn(C)c4ccccc34)cc2F)C1. The molecule has 0 unspecified atom stereocenters. The van der Waals surface area contributed by atoms with Gasteiger partial charge >= 0.3 is 5.97 Å². The topological polar surface area (TPSA) is 123 Å². The first-order chi connectivity index (χ1) is 20.1. The monoisotopic (exact) mass is 600 g/mol. The molecule has 10 nitrogen and oxygen atoms in total. The lowest BCUT2D eigenvalue weighted by atomic mass is 9.87. The number of aliphatic carboxylic acids is 1. The second-order valence-corrected chi connectivity index (χ2v) is 11.4. The molecule has 1 aromatic heterocycles. The summed E-state index contributed by atoms with van der Waals surface area (Å²) in [6.45, 7) is 0.654. The van der Waals surface area contributed by atoms with E-state index in [2.05, 4.69) is 10.4 Å². The number of ether oxygens (including phenoxy) is 2. The first-order valence-corrected chi connectivity index (χ1v) is 14.4. The average molecular weight is 601 g/mol. The molecule has 5 rings (SSSR count). The van der Waals surface area contributed by atoms with E-state index < -0.39 is 17.7 Å². The van der Waals surface area contributed by atoms with Crippen molar-refractivity contribution in [1.29, 1.82) is 0 Å². The highest BCUT2D eigenvalue weighted by molar-refractivity contribution is 6.34. The van der Waals surface area contributed by atoms with Crippen LogP contribution in [0.3, 0.4) is 0 Å². The van der Waals surface area contributed by atoms with Gasteiger partial charge in [-0.25, -0.2) is 4.39 Å². The van der Waals surface area contributed by atoms with Crippen molar-refractivity contribution >= 4 is 46.0 Å². The third-order valence-corrected chi connectivity index (χ3v) is 8.59. The number of carboxylic acid groups (broad SMARTS) is 1. The molecule has 2 heterocycles. The van der Waals surface area contributed by atoms with Gasteiger partial charge in [0, 0.05) is 26.1 Å². The zero-order chi connectivity index (χ0) is 30.0. The minimum absolute atomic E-state index is 0.0535. The van der Waals surface area contributed by atoms with Crippen LogP contribution < -0.4 is 5.32 Å². The van der Waals surface area contributed by atoms with E-state index in [0.717, 1.165) is 11.6 Å². The van der Waals surface area contributed by atoms with Gasteiger partial charge in [-0.1, -0.05) is 29.8 Å². The smallest absolute Gasteiger partial charge is 0.306 e. The van der Waals surface area contributed by atoms with Crippen LogP contribution in [0, 0.1) is 11.7 Å². The molecule has 2 amide bonds. The van der Waals surface area contributed by atoms with E-state index in [1.54, 1.807) is 35.9 Å². The number of aryl methyl sites for hydroxylation is 1. The molecule has 2 aliphatic rings. The van der Waals surface area contributed by atoms with E-state index >= 15 is 4.39 Å². The number of benzene rings is 2. The van der Waals surface area contributed by atoms with Crippen molar-refractivity contribution in [2.24, 2.45) is 13.0 Å². The maximum Gasteiger partial charge on any atom is 0.306 e. The number of amides is 2. The third-order valence-electron chi connectivity index (χ3n) is 8.28. The van der Waals surface area contributed by atoms with E-state index in [9.17, 15) is 19.5 Å². The average Bonchev–Trinajstić information content (AvgIpc) is 3.56. The van der Waals surface area contributed by atoms with Crippen molar-refractivity contribution in [3.63, 3.8) is 0 Å². The van der Waals surface area contributed by atoms with Gasteiger partial charge in [-0.3, -0.25) is 19.1 Å². The number of para-hydroxylation sites is 1. The van der Waals surface area contributed by atoms with Crippen LogP contribution in [0.4, 0.5) is 10.1 Å². The highest BCUT2D eigenvalue weighted by Crippen LogP contribution is 2.30. The van der Waals surface area contributed by atoms with Crippen LogP contribution in [-0.4, -0.2) is 76.1 Å². The Morgan fingerprint density at radius 1 is 1.14 bits per heavy atom. The summed E-state index contributed by atoms with van der Waals surface area (Å²) >= 11 is 6.43. The number of likely N-dealkylation sites (tertiary alicyclic amines) is 1. The first kappa shape index (κ1) is 29.9. The van der Waals surface area contributed by atoms with Gasteiger partial charge in [0.25, 0.3) is 5.91 Å². The van der Waals surface area contributed by atoms with E-state index in [-0.39, 0.29) is 58.5 Å². The fraction of sp³-hybridized carbons (Fsp3) is 0.467. The highest BCUT2D eigenvalue weighted by Gasteiger charge is 2.37. The van der Waals surface area contributed by atoms with E-state index in [1.165, 1.54) is 6.07 Å². The van der Waals surface area contributed by atoms with Gasteiger partial charge in [0.2, 0.25) is 5.91 Å². The Kier molecular flexibility index (Phi) is 9.10. The van der Waals surface area contributed by atoms with Gasteiger partial charge in [0.05, 0.1) is 53.4 Å². The van der Waals surface area contributed by atoms with Crippen molar-refractivity contribution in [1.82, 2.24) is 14.7 Å². The molecule has 0 spiro atoms. The van der Waals surface area contributed by atoms with Gasteiger partial charge in [-0.05, 0) is 55.9 Å². The van der Waals surface area contributed by atoms with E-state index in [4.69, 9.17) is 21.1 Å². The molecular formula is C30H34ClFN4O6. The molecule has 3 aromatic rings. The summed E-state index contributed by atoms with van der Waals surface area (Å²) in [5, 5.41) is 16.9. The van der Waals surface area contributed by atoms with Gasteiger partial charge in [-0.15, -0.1) is 0 Å². The van der Waals surface area contributed by atoms with Gasteiger partial charge < -0.3 is 24.8 Å². The Hall–Kier alpha value is -3.54. The summed E-state index contributed by atoms with van der Waals surface area (Å²) in [7, 11) is 3.32. The van der Waals surface area contributed by atoms with Crippen molar-refractivity contribution in [3.8, 4) is 0 Å². The quantitative estimate of drug-likeness (QED) is 0.372.